The van der Waals surface area contributed by atoms with Crippen molar-refractivity contribution >= 4 is 23.4 Å². The number of nitriles is 1. The zero-order chi connectivity index (χ0) is 19.4. The van der Waals surface area contributed by atoms with Crippen molar-refractivity contribution in [3.05, 3.63) is 59.4 Å². The number of hydrogen-bond acceptors (Lipinski definition) is 4. The van der Waals surface area contributed by atoms with Gasteiger partial charge >= 0.3 is 6.09 Å². The van der Waals surface area contributed by atoms with E-state index in [4.69, 9.17) is 5.11 Å². The average Bonchev–Trinajstić information content (AvgIpc) is 2.68. The van der Waals surface area contributed by atoms with E-state index in [2.05, 4.69) is 11.4 Å². The van der Waals surface area contributed by atoms with Gasteiger partial charge in [-0.3, -0.25) is 4.79 Å². The summed E-state index contributed by atoms with van der Waals surface area (Å²) >= 11 is 0. The molecule has 7 nitrogen and oxygen atoms in total. The fourth-order valence-electron chi connectivity index (χ4n) is 3.00. The van der Waals surface area contributed by atoms with Crippen LogP contribution < -0.4 is 10.2 Å². The lowest BCUT2D eigenvalue weighted by atomic mass is 10.1. The Bertz CT molecular complexity index is 917. The molecule has 0 radical (unpaired) electrons. The molecular formula is C19H17FN4O3. The summed E-state index contributed by atoms with van der Waals surface area (Å²) in [6.45, 7) is 1.52. The van der Waals surface area contributed by atoms with Gasteiger partial charge in [-0.15, -0.1) is 0 Å². The molecular weight excluding hydrogens is 351 g/mol. The number of nitrogens with zero attached hydrogens (tertiary/aromatic N) is 3. The summed E-state index contributed by atoms with van der Waals surface area (Å²) in [5, 5.41) is 21.2. The smallest absolute Gasteiger partial charge is 0.407 e. The average molecular weight is 368 g/mol. The quantitative estimate of drug-likeness (QED) is 0.868. The summed E-state index contributed by atoms with van der Waals surface area (Å²) < 4.78 is 13.8. The highest BCUT2D eigenvalue weighted by atomic mass is 19.1. The summed E-state index contributed by atoms with van der Waals surface area (Å²) in [6, 6.07) is 12.7. The van der Waals surface area contributed by atoms with Gasteiger partial charge in [-0.05, 0) is 24.3 Å². The zero-order valence-electron chi connectivity index (χ0n) is 14.4. The van der Waals surface area contributed by atoms with Crippen LogP contribution in [0.1, 0.15) is 15.9 Å². The molecule has 0 unspecified atom stereocenters. The van der Waals surface area contributed by atoms with Gasteiger partial charge in [0.2, 0.25) is 0 Å². The van der Waals surface area contributed by atoms with Crippen LogP contribution in [0.25, 0.3) is 0 Å². The zero-order valence-corrected chi connectivity index (χ0v) is 14.4. The molecule has 1 fully saturated rings. The van der Waals surface area contributed by atoms with Crippen LogP contribution in [0.4, 0.5) is 20.6 Å². The molecule has 0 aliphatic carbocycles. The predicted octanol–water partition coefficient (Wildman–Crippen LogP) is 2.75. The monoisotopic (exact) mass is 368 g/mol. The van der Waals surface area contributed by atoms with E-state index in [1.807, 2.05) is 4.90 Å². The van der Waals surface area contributed by atoms with Crippen LogP contribution >= 0.6 is 0 Å². The fraction of sp³-hybridized carbons (Fsp3) is 0.211. The Morgan fingerprint density at radius 2 is 1.78 bits per heavy atom. The van der Waals surface area contributed by atoms with Crippen molar-refractivity contribution in [3.8, 4) is 6.07 Å². The van der Waals surface area contributed by atoms with E-state index in [0.717, 1.165) is 0 Å². The minimum absolute atomic E-state index is 0.109. The van der Waals surface area contributed by atoms with Crippen molar-refractivity contribution < 1.29 is 19.1 Å². The third-order valence-corrected chi connectivity index (χ3v) is 4.41. The van der Waals surface area contributed by atoms with Crippen molar-refractivity contribution in [2.24, 2.45) is 0 Å². The van der Waals surface area contributed by atoms with Crippen LogP contribution in [0.2, 0.25) is 0 Å². The number of piperazine rings is 1. The van der Waals surface area contributed by atoms with Crippen LogP contribution in [-0.4, -0.2) is 48.2 Å². The van der Waals surface area contributed by atoms with Gasteiger partial charge in [0, 0.05) is 26.2 Å². The van der Waals surface area contributed by atoms with E-state index >= 15 is 0 Å². The molecule has 0 atom stereocenters. The molecule has 1 aliphatic heterocycles. The second-order valence-electron chi connectivity index (χ2n) is 6.00. The number of carboxylic acid groups (broad SMARTS) is 1. The van der Waals surface area contributed by atoms with Gasteiger partial charge in [0.1, 0.15) is 11.9 Å². The van der Waals surface area contributed by atoms with Gasteiger partial charge in [0.25, 0.3) is 5.91 Å². The molecule has 0 spiro atoms. The predicted molar refractivity (Wildman–Crippen MR) is 97.3 cm³/mol. The van der Waals surface area contributed by atoms with Crippen LogP contribution in [-0.2, 0) is 0 Å². The number of anilines is 2. The lowest BCUT2D eigenvalue weighted by molar-refractivity contribution is 0.102. The fourth-order valence-corrected chi connectivity index (χ4v) is 3.00. The Kier molecular flexibility index (Phi) is 5.22. The topological polar surface area (TPSA) is 96.7 Å². The summed E-state index contributed by atoms with van der Waals surface area (Å²) in [5.41, 5.74) is 1.03. The number of carbonyl (C=O) groups is 2. The molecule has 138 valence electrons. The molecule has 1 heterocycles. The number of amides is 2. The summed E-state index contributed by atoms with van der Waals surface area (Å²) in [6.07, 6.45) is -0.971. The molecule has 27 heavy (non-hydrogen) atoms. The van der Waals surface area contributed by atoms with E-state index in [9.17, 15) is 19.2 Å². The van der Waals surface area contributed by atoms with Crippen molar-refractivity contribution in [3.63, 3.8) is 0 Å². The van der Waals surface area contributed by atoms with Crippen molar-refractivity contribution in [2.45, 2.75) is 0 Å². The Balaban J connectivity index is 1.83. The largest absolute Gasteiger partial charge is 0.465 e. The summed E-state index contributed by atoms with van der Waals surface area (Å²) in [5.74, 6) is -1.29. The number of halogens is 1. The third kappa shape index (κ3) is 3.82. The van der Waals surface area contributed by atoms with Gasteiger partial charge in [-0.2, -0.15) is 5.26 Å². The first-order chi connectivity index (χ1) is 13.0. The first-order valence-corrected chi connectivity index (χ1v) is 8.33. The van der Waals surface area contributed by atoms with Gasteiger partial charge < -0.3 is 20.2 Å². The van der Waals surface area contributed by atoms with E-state index < -0.39 is 17.8 Å². The lowest BCUT2D eigenvalue weighted by Crippen LogP contribution is -2.48. The van der Waals surface area contributed by atoms with Crippen LogP contribution in [0.5, 0.6) is 0 Å². The summed E-state index contributed by atoms with van der Waals surface area (Å²) in [7, 11) is 0. The maximum Gasteiger partial charge on any atom is 0.407 e. The molecule has 2 N–H and O–H groups in total. The number of hydrogen-bond donors (Lipinski definition) is 2. The van der Waals surface area contributed by atoms with Gasteiger partial charge in [0.15, 0.2) is 0 Å². The minimum atomic E-state index is -0.971. The Labute approximate surface area is 155 Å². The standard InChI is InChI=1S/C19H17FN4O3/c20-15-5-2-1-4-13(15)18(25)22-16-6-3-7-17(14(16)12-21)23-8-10-24(11-9-23)19(26)27/h1-7H,8-11H2,(H,22,25)(H,26,27). The van der Waals surface area contributed by atoms with Gasteiger partial charge in [0.05, 0.1) is 22.5 Å². The molecule has 2 aromatic rings. The number of benzene rings is 2. The molecule has 2 aromatic carbocycles. The second-order valence-corrected chi connectivity index (χ2v) is 6.00. The number of nitrogens with one attached hydrogen (secondary N) is 1. The van der Waals surface area contributed by atoms with Crippen molar-refractivity contribution in [1.82, 2.24) is 4.90 Å². The Hall–Kier alpha value is -3.60. The highest BCUT2D eigenvalue weighted by Gasteiger charge is 2.23. The minimum Gasteiger partial charge on any atom is -0.465 e. The Morgan fingerprint density at radius 3 is 2.41 bits per heavy atom. The van der Waals surface area contributed by atoms with Gasteiger partial charge in [-0.25, -0.2) is 9.18 Å². The highest BCUT2D eigenvalue weighted by Crippen LogP contribution is 2.28. The Morgan fingerprint density at radius 1 is 1.07 bits per heavy atom. The number of rotatable bonds is 3. The molecule has 3 rings (SSSR count). The van der Waals surface area contributed by atoms with E-state index in [-0.39, 0.29) is 16.8 Å². The van der Waals surface area contributed by atoms with Crippen LogP contribution in [0.3, 0.4) is 0 Å². The third-order valence-electron chi connectivity index (χ3n) is 4.41. The first-order valence-electron chi connectivity index (χ1n) is 8.33. The SMILES string of the molecule is N#Cc1c(NC(=O)c2ccccc2F)cccc1N1CCN(C(=O)O)CC1. The van der Waals surface area contributed by atoms with Gasteiger partial charge in [-0.1, -0.05) is 18.2 Å². The summed E-state index contributed by atoms with van der Waals surface area (Å²) in [4.78, 5) is 26.6. The lowest BCUT2D eigenvalue weighted by Gasteiger charge is -2.35. The molecule has 8 heteroatoms. The molecule has 1 aliphatic rings. The van der Waals surface area contributed by atoms with E-state index in [1.54, 1.807) is 24.3 Å². The second kappa shape index (κ2) is 7.74. The normalized spacial score (nSPS) is 13.8. The van der Waals surface area contributed by atoms with E-state index in [1.165, 1.54) is 23.1 Å². The van der Waals surface area contributed by atoms with Crippen LogP contribution in [0, 0.1) is 17.1 Å². The van der Waals surface area contributed by atoms with Crippen molar-refractivity contribution in [1.29, 1.82) is 5.26 Å². The maximum absolute atomic E-state index is 13.8. The van der Waals surface area contributed by atoms with Crippen molar-refractivity contribution in [2.75, 3.05) is 36.4 Å². The molecule has 1 saturated heterocycles. The first kappa shape index (κ1) is 18.2. The molecule has 0 aromatic heterocycles. The number of carbonyl (C=O) groups excluding carboxylic acids is 1. The maximum atomic E-state index is 13.8. The van der Waals surface area contributed by atoms with Crippen LogP contribution in [0.15, 0.2) is 42.5 Å². The molecule has 0 bridgehead atoms. The molecule has 2 amide bonds. The van der Waals surface area contributed by atoms with E-state index in [0.29, 0.717) is 31.9 Å². The highest BCUT2D eigenvalue weighted by molar-refractivity contribution is 6.05. The molecule has 0 saturated carbocycles.